The molecule has 26 heavy (non-hydrogen) atoms. The van der Waals surface area contributed by atoms with Crippen LogP contribution in [0.15, 0.2) is 12.3 Å². The predicted octanol–water partition coefficient (Wildman–Crippen LogP) is 2.67. The minimum atomic E-state index is -4.51. The number of rotatable bonds is 6. The maximum absolute atomic E-state index is 12.6. The van der Waals surface area contributed by atoms with E-state index in [-0.39, 0.29) is 41.5 Å². The molecule has 1 aromatic heterocycles. The monoisotopic (exact) mass is 392 g/mol. The summed E-state index contributed by atoms with van der Waals surface area (Å²) in [5, 5.41) is 2.62. The van der Waals surface area contributed by atoms with Gasteiger partial charge in [0.05, 0.1) is 10.6 Å². The van der Waals surface area contributed by atoms with Crippen LogP contribution in [0.3, 0.4) is 0 Å². The Labute approximate surface area is 153 Å². The van der Waals surface area contributed by atoms with Crippen LogP contribution in [0.5, 0.6) is 0 Å². The van der Waals surface area contributed by atoms with Crippen LogP contribution in [0, 0.1) is 5.92 Å². The summed E-state index contributed by atoms with van der Waals surface area (Å²) in [6.45, 7) is 1.34. The molecule has 3 N–H and O–H groups in total. The van der Waals surface area contributed by atoms with Crippen LogP contribution >= 0.6 is 11.6 Å². The molecule has 1 aromatic rings. The number of pyridine rings is 1. The SMILES string of the molecule is NC(=O)CC1CCN(C(=O)CCNc2ncc(C(F)(F)F)cc2Cl)CC1. The van der Waals surface area contributed by atoms with Crippen molar-refractivity contribution in [1.82, 2.24) is 9.88 Å². The Morgan fingerprint density at radius 1 is 1.35 bits per heavy atom. The highest BCUT2D eigenvalue weighted by atomic mass is 35.5. The molecule has 6 nitrogen and oxygen atoms in total. The van der Waals surface area contributed by atoms with Gasteiger partial charge in [-0.15, -0.1) is 0 Å². The van der Waals surface area contributed by atoms with E-state index in [4.69, 9.17) is 17.3 Å². The number of carbonyl (C=O) groups excluding carboxylic acids is 2. The molecule has 2 heterocycles. The number of amides is 2. The molecule has 1 aliphatic heterocycles. The van der Waals surface area contributed by atoms with Crippen molar-refractivity contribution >= 4 is 29.2 Å². The van der Waals surface area contributed by atoms with Gasteiger partial charge < -0.3 is 16.0 Å². The molecular formula is C16H20ClF3N4O2. The van der Waals surface area contributed by atoms with Crippen LogP contribution in [-0.4, -0.2) is 41.3 Å². The average Bonchev–Trinajstić information content (AvgIpc) is 2.55. The van der Waals surface area contributed by atoms with Gasteiger partial charge in [0.2, 0.25) is 11.8 Å². The van der Waals surface area contributed by atoms with E-state index in [1.54, 1.807) is 4.90 Å². The molecule has 1 saturated heterocycles. The van der Waals surface area contributed by atoms with Gasteiger partial charge in [-0.2, -0.15) is 13.2 Å². The number of nitrogens with zero attached hydrogens (tertiary/aromatic N) is 2. The lowest BCUT2D eigenvalue weighted by molar-refractivity contribution is -0.138. The van der Waals surface area contributed by atoms with E-state index in [0.717, 1.165) is 18.9 Å². The molecule has 0 bridgehead atoms. The van der Waals surface area contributed by atoms with E-state index in [1.807, 2.05) is 0 Å². The number of alkyl halides is 3. The highest BCUT2D eigenvalue weighted by Gasteiger charge is 2.31. The number of nitrogens with one attached hydrogen (secondary N) is 1. The van der Waals surface area contributed by atoms with Crippen molar-refractivity contribution in [3.63, 3.8) is 0 Å². The third-order valence-corrected chi connectivity index (χ3v) is 4.55. The Morgan fingerprint density at radius 2 is 2.00 bits per heavy atom. The third kappa shape index (κ3) is 5.76. The molecule has 0 aromatic carbocycles. The van der Waals surface area contributed by atoms with Crippen molar-refractivity contribution in [2.75, 3.05) is 25.0 Å². The number of aromatic nitrogens is 1. The lowest BCUT2D eigenvalue weighted by Gasteiger charge is -2.31. The Morgan fingerprint density at radius 3 is 2.54 bits per heavy atom. The standard InChI is InChI=1S/C16H20ClF3N4O2/c17-12-8-11(16(18,19)20)9-23-15(12)22-4-1-14(26)24-5-2-10(3-6-24)7-13(21)25/h8-10H,1-7H2,(H2,21,25)(H,22,23). The van der Waals surface area contributed by atoms with E-state index < -0.39 is 11.7 Å². The molecule has 0 unspecified atom stereocenters. The highest BCUT2D eigenvalue weighted by Crippen LogP contribution is 2.32. The number of piperidine rings is 1. The second-order valence-corrected chi connectivity index (χ2v) is 6.63. The van der Waals surface area contributed by atoms with Crippen LogP contribution in [-0.2, 0) is 15.8 Å². The Balaban J connectivity index is 1.78. The maximum Gasteiger partial charge on any atom is 0.417 e. The first-order valence-corrected chi connectivity index (χ1v) is 8.57. The summed E-state index contributed by atoms with van der Waals surface area (Å²) in [6, 6.07) is 0.794. The normalized spacial score (nSPS) is 15.8. The van der Waals surface area contributed by atoms with Crippen molar-refractivity contribution in [3.05, 3.63) is 22.8 Å². The van der Waals surface area contributed by atoms with Gasteiger partial charge in [0.25, 0.3) is 0 Å². The number of hydrogen-bond acceptors (Lipinski definition) is 4. The number of anilines is 1. The Hall–Kier alpha value is -2.03. The number of nitrogens with two attached hydrogens (primary N) is 1. The summed E-state index contributed by atoms with van der Waals surface area (Å²) < 4.78 is 37.7. The van der Waals surface area contributed by atoms with Crippen LogP contribution in [0.4, 0.5) is 19.0 Å². The topological polar surface area (TPSA) is 88.3 Å². The molecule has 0 radical (unpaired) electrons. The lowest BCUT2D eigenvalue weighted by atomic mass is 9.93. The minimum Gasteiger partial charge on any atom is -0.370 e. The molecule has 0 saturated carbocycles. The number of hydrogen-bond donors (Lipinski definition) is 2. The number of primary amides is 1. The van der Waals surface area contributed by atoms with Crippen molar-refractivity contribution in [3.8, 4) is 0 Å². The van der Waals surface area contributed by atoms with E-state index in [0.29, 0.717) is 25.7 Å². The second-order valence-electron chi connectivity index (χ2n) is 6.22. The summed E-state index contributed by atoms with van der Waals surface area (Å²) in [5.41, 5.74) is 4.25. The van der Waals surface area contributed by atoms with E-state index in [9.17, 15) is 22.8 Å². The van der Waals surface area contributed by atoms with Crippen LogP contribution in [0.1, 0.15) is 31.2 Å². The second kappa shape index (κ2) is 8.57. The van der Waals surface area contributed by atoms with Crippen LogP contribution < -0.4 is 11.1 Å². The quantitative estimate of drug-likeness (QED) is 0.779. The summed E-state index contributed by atoms with van der Waals surface area (Å²) in [6.07, 6.45) is -1.85. The van der Waals surface area contributed by atoms with Gasteiger partial charge in [-0.1, -0.05) is 11.6 Å². The molecule has 2 amide bonds. The van der Waals surface area contributed by atoms with E-state index in [1.165, 1.54) is 0 Å². The first-order chi connectivity index (χ1) is 12.2. The molecule has 0 aliphatic carbocycles. The fourth-order valence-electron chi connectivity index (χ4n) is 2.84. The van der Waals surface area contributed by atoms with Gasteiger partial charge in [0, 0.05) is 38.7 Å². The maximum atomic E-state index is 12.6. The summed E-state index contributed by atoms with van der Waals surface area (Å²) in [4.78, 5) is 28.5. The molecule has 0 atom stereocenters. The van der Waals surface area contributed by atoms with Gasteiger partial charge in [0.1, 0.15) is 5.82 Å². The fourth-order valence-corrected chi connectivity index (χ4v) is 3.07. The van der Waals surface area contributed by atoms with Crippen molar-refractivity contribution in [2.24, 2.45) is 11.7 Å². The third-order valence-electron chi connectivity index (χ3n) is 4.26. The molecular weight excluding hydrogens is 373 g/mol. The number of likely N-dealkylation sites (tertiary alicyclic amines) is 1. The van der Waals surface area contributed by atoms with E-state index in [2.05, 4.69) is 10.3 Å². The number of halogens is 4. The minimum absolute atomic E-state index is 0.0712. The zero-order chi connectivity index (χ0) is 19.3. The summed E-state index contributed by atoms with van der Waals surface area (Å²) in [5.74, 6) is -0.0876. The predicted molar refractivity (Wildman–Crippen MR) is 90.5 cm³/mol. The molecule has 10 heteroatoms. The van der Waals surface area contributed by atoms with Gasteiger partial charge in [0.15, 0.2) is 0 Å². The zero-order valence-corrected chi connectivity index (χ0v) is 14.7. The van der Waals surface area contributed by atoms with Gasteiger partial charge in [-0.25, -0.2) is 4.98 Å². The Kier molecular flexibility index (Phi) is 6.69. The first-order valence-electron chi connectivity index (χ1n) is 8.19. The van der Waals surface area contributed by atoms with Crippen molar-refractivity contribution < 1.29 is 22.8 Å². The van der Waals surface area contributed by atoms with Crippen molar-refractivity contribution in [1.29, 1.82) is 0 Å². The Bertz CT molecular complexity index is 661. The highest BCUT2D eigenvalue weighted by molar-refractivity contribution is 6.32. The first kappa shape index (κ1) is 20.3. The lowest BCUT2D eigenvalue weighted by Crippen LogP contribution is -2.39. The van der Waals surface area contributed by atoms with Gasteiger partial charge in [-0.3, -0.25) is 9.59 Å². The van der Waals surface area contributed by atoms with Crippen LogP contribution in [0.2, 0.25) is 5.02 Å². The van der Waals surface area contributed by atoms with Gasteiger partial charge in [-0.05, 0) is 24.8 Å². The number of carbonyl (C=O) groups is 2. The summed E-state index contributed by atoms with van der Waals surface area (Å²) >= 11 is 5.80. The fraction of sp³-hybridized carbons (Fsp3) is 0.562. The zero-order valence-electron chi connectivity index (χ0n) is 14.0. The molecule has 144 valence electrons. The smallest absolute Gasteiger partial charge is 0.370 e. The molecule has 1 aliphatic rings. The van der Waals surface area contributed by atoms with E-state index >= 15 is 0 Å². The largest absolute Gasteiger partial charge is 0.417 e. The average molecular weight is 393 g/mol. The molecule has 1 fully saturated rings. The van der Waals surface area contributed by atoms with Gasteiger partial charge >= 0.3 is 6.18 Å². The van der Waals surface area contributed by atoms with Crippen molar-refractivity contribution in [2.45, 2.75) is 31.9 Å². The molecule has 2 rings (SSSR count). The van der Waals surface area contributed by atoms with Crippen LogP contribution in [0.25, 0.3) is 0 Å². The summed E-state index contributed by atoms with van der Waals surface area (Å²) in [7, 11) is 0. The molecule has 0 spiro atoms.